The Morgan fingerprint density at radius 1 is 1.19 bits per heavy atom. The van der Waals surface area contributed by atoms with E-state index in [1.807, 2.05) is 30.5 Å². The van der Waals surface area contributed by atoms with Crippen LogP contribution in [0.2, 0.25) is 0 Å². The molecule has 0 aromatic heterocycles. The number of fused-ring (bicyclic) bond motifs is 1. The van der Waals surface area contributed by atoms with E-state index >= 15 is 0 Å². The van der Waals surface area contributed by atoms with E-state index in [-0.39, 0.29) is 36.1 Å². The molecule has 0 radical (unpaired) electrons. The lowest BCUT2D eigenvalue weighted by Crippen LogP contribution is -2.39. The Hall–Kier alpha value is -1.79. The summed E-state index contributed by atoms with van der Waals surface area (Å²) < 4.78 is 6.10. The normalized spacial score (nSPS) is 27.5. The van der Waals surface area contributed by atoms with Crippen molar-refractivity contribution in [2.45, 2.75) is 49.1 Å². The van der Waals surface area contributed by atoms with Crippen LogP contribution in [0.4, 0.5) is 0 Å². The Morgan fingerprint density at radius 3 is 2.63 bits per heavy atom. The van der Waals surface area contributed by atoms with Crippen molar-refractivity contribution in [1.29, 1.82) is 0 Å². The summed E-state index contributed by atoms with van der Waals surface area (Å²) in [4.78, 5) is 29.3. The number of hydrogen-bond acceptors (Lipinski definition) is 5. The third-order valence-corrected chi connectivity index (χ3v) is 6.59. The standard InChI is InChI=1S/C21H25NO4S/c1-27-14-9-7-13(8-10-14)18-17-19(24)15-5-2-3-6-16(15)26-20(17)21(25)22(18)11-4-12-23/h7-10,15-16,18,23H,2-6,11-12H2,1H3. The van der Waals surface area contributed by atoms with Crippen molar-refractivity contribution in [2.24, 2.45) is 5.92 Å². The fourth-order valence-corrected chi connectivity index (χ4v) is 4.91. The SMILES string of the molecule is CSc1ccc(C2C3=C(OC4CCCCC4C3=O)C(=O)N2CCCO)cc1. The van der Waals surface area contributed by atoms with Crippen LogP contribution in [0.1, 0.15) is 43.7 Å². The molecule has 0 bridgehead atoms. The largest absolute Gasteiger partial charge is 0.483 e. The predicted molar refractivity (Wildman–Crippen MR) is 103 cm³/mol. The monoisotopic (exact) mass is 387 g/mol. The quantitative estimate of drug-likeness (QED) is 0.787. The molecule has 0 spiro atoms. The molecule has 144 valence electrons. The van der Waals surface area contributed by atoms with E-state index in [2.05, 4.69) is 0 Å². The van der Waals surface area contributed by atoms with Gasteiger partial charge in [-0.2, -0.15) is 0 Å². The maximum atomic E-state index is 13.3. The molecule has 3 aliphatic rings. The molecule has 1 fully saturated rings. The number of carbonyl (C=O) groups is 2. The lowest BCUT2D eigenvalue weighted by Gasteiger charge is -2.35. The molecule has 1 saturated carbocycles. The van der Waals surface area contributed by atoms with Gasteiger partial charge in [-0.3, -0.25) is 9.59 Å². The van der Waals surface area contributed by atoms with Crippen LogP contribution in [0, 0.1) is 5.92 Å². The number of rotatable bonds is 5. The highest BCUT2D eigenvalue weighted by atomic mass is 32.2. The second-order valence-electron chi connectivity index (χ2n) is 7.41. The molecule has 2 heterocycles. The Bertz CT molecular complexity index is 773. The summed E-state index contributed by atoms with van der Waals surface area (Å²) in [5, 5.41) is 9.26. The summed E-state index contributed by atoms with van der Waals surface area (Å²) in [7, 11) is 0. The molecule has 27 heavy (non-hydrogen) atoms. The first kappa shape index (κ1) is 18.6. The van der Waals surface area contributed by atoms with E-state index in [9.17, 15) is 14.7 Å². The van der Waals surface area contributed by atoms with E-state index in [0.717, 1.165) is 36.1 Å². The van der Waals surface area contributed by atoms with Gasteiger partial charge in [0, 0.05) is 18.0 Å². The van der Waals surface area contributed by atoms with Gasteiger partial charge >= 0.3 is 0 Å². The predicted octanol–water partition coefficient (Wildman–Crippen LogP) is 3.09. The van der Waals surface area contributed by atoms with Gasteiger partial charge in [-0.05, 0) is 49.6 Å². The van der Waals surface area contributed by atoms with Crippen LogP contribution >= 0.6 is 11.8 Å². The molecule has 2 aliphatic heterocycles. The van der Waals surface area contributed by atoms with E-state index in [1.165, 1.54) is 0 Å². The maximum absolute atomic E-state index is 13.3. The highest BCUT2D eigenvalue weighted by Crippen LogP contribution is 2.46. The number of carbonyl (C=O) groups excluding carboxylic acids is 2. The molecule has 1 aromatic rings. The molecule has 3 unspecified atom stereocenters. The molecule has 1 aromatic carbocycles. The first-order valence-corrected chi connectivity index (χ1v) is 10.9. The molecule has 3 atom stereocenters. The maximum Gasteiger partial charge on any atom is 0.290 e. The second-order valence-corrected chi connectivity index (χ2v) is 8.29. The van der Waals surface area contributed by atoms with E-state index < -0.39 is 6.04 Å². The van der Waals surface area contributed by atoms with Crippen molar-refractivity contribution in [3.8, 4) is 0 Å². The van der Waals surface area contributed by atoms with Crippen LogP contribution in [0.15, 0.2) is 40.5 Å². The number of hydrogen-bond donors (Lipinski definition) is 1. The van der Waals surface area contributed by atoms with Gasteiger partial charge in [-0.25, -0.2) is 0 Å². The Labute approximate surface area is 163 Å². The third-order valence-electron chi connectivity index (χ3n) is 5.85. The van der Waals surface area contributed by atoms with Gasteiger partial charge in [0.05, 0.1) is 17.5 Å². The van der Waals surface area contributed by atoms with Crippen LogP contribution in [0.3, 0.4) is 0 Å². The zero-order chi connectivity index (χ0) is 19.0. The van der Waals surface area contributed by atoms with Gasteiger partial charge in [0.1, 0.15) is 6.10 Å². The van der Waals surface area contributed by atoms with Gasteiger partial charge < -0.3 is 14.7 Å². The molecule has 6 heteroatoms. The van der Waals surface area contributed by atoms with E-state index in [1.54, 1.807) is 16.7 Å². The number of nitrogens with zero attached hydrogens (tertiary/aromatic N) is 1. The van der Waals surface area contributed by atoms with Crippen LogP contribution in [-0.4, -0.2) is 47.2 Å². The summed E-state index contributed by atoms with van der Waals surface area (Å²) in [5.41, 5.74) is 1.45. The summed E-state index contributed by atoms with van der Waals surface area (Å²) >= 11 is 1.66. The molecule has 1 amide bonds. The molecule has 0 saturated heterocycles. The fraction of sp³-hybridized carbons (Fsp3) is 0.524. The highest BCUT2D eigenvalue weighted by molar-refractivity contribution is 7.98. The number of aliphatic hydroxyl groups excluding tert-OH is 1. The number of benzene rings is 1. The number of aliphatic hydroxyl groups is 1. The van der Waals surface area contributed by atoms with Crippen LogP contribution in [0.5, 0.6) is 0 Å². The Kier molecular flexibility index (Phi) is 5.28. The molecule has 1 aliphatic carbocycles. The summed E-state index contributed by atoms with van der Waals surface area (Å²) in [6.45, 7) is 0.413. The van der Waals surface area contributed by atoms with Crippen molar-refractivity contribution >= 4 is 23.5 Å². The lowest BCUT2D eigenvalue weighted by atomic mass is 9.77. The Balaban J connectivity index is 1.75. The average Bonchev–Trinajstić information content (AvgIpc) is 2.99. The minimum atomic E-state index is -0.412. The minimum Gasteiger partial charge on any atom is -0.483 e. The zero-order valence-corrected chi connectivity index (χ0v) is 16.3. The summed E-state index contributed by atoms with van der Waals surface area (Å²) in [5.74, 6) is -0.00870. The molecule has 5 nitrogen and oxygen atoms in total. The van der Waals surface area contributed by atoms with Crippen molar-refractivity contribution in [2.75, 3.05) is 19.4 Å². The van der Waals surface area contributed by atoms with Crippen molar-refractivity contribution in [1.82, 2.24) is 4.90 Å². The molecule has 1 N–H and O–H groups in total. The average molecular weight is 388 g/mol. The van der Waals surface area contributed by atoms with Gasteiger partial charge in [0.25, 0.3) is 5.91 Å². The molecular weight excluding hydrogens is 362 g/mol. The smallest absolute Gasteiger partial charge is 0.290 e. The van der Waals surface area contributed by atoms with Gasteiger partial charge in [0.15, 0.2) is 11.5 Å². The van der Waals surface area contributed by atoms with Crippen LogP contribution in [0.25, 0.3) is 0 Å². The zero-order valence-electron chi connectivity index (χ0n) is 15.5. The van der Waals surface area contributed by atoms with E-state index in [0.29, 0.717) is 18.5 Å². The third kappa shape index (κ3) is 3.19. The van der Waals surface area contributed by atoms with Crippen LogP contribution in [-0.2, 0) is 14.3 Å². The van der Waals surface area contributed by atoms with Gasteiger partial charge in [-0.15, -0.1) is 11.8 Å². The van der Waals surface area contributed by atoms with Gasteiger partial charge in [-0.1, -0.05) is 18.6 Å². The topological polar surface area (TPSA) is 66.8 Å². The van der Waals surface area contributed by atoms with Crippen LogP contribution < -0.4 is 0 Å². The summed E-state index contributed by atoms with van der Waals surface area (Å²) in [6.07, 6.45) is 6.09. The lowest BCUT2D eigenvalue weighted by molar-refractivity contribution is -0.135. The second kappa shape index (κ2) is 7.68. The van der Waals surface area contributed by atoms with Crippen molar-refractivity contribution in [3.63, 3.8) is 0 Å². The minimum absolute atomic E-state index is 0.00658. The molecule has 4 rings (SSSR count). The number of thioether (sulfide) groups is 1. The van der Waals surface area contributed by atoms with Gasteiger partial charge in [0.2, 0.25) is 0 Å². The van der Waals surface area contributed by atoms with E-state index in [4.69, 9.17) is 4.74 Å². The molecular formula is C21H25NO4S. The first-order valence-electron chi connectivity index (χ1n) is 9.66. The highest BCUT2D eigenvalue weighted by Gasteiger charge is 2.51. The Morgan fingerprint density at radius 2 is 1.93 bits per heavy atom. The number of ketones is 1. The fourth-order valence-electron chi connectivity index (χ4n) is 4.50. The van der Waals surface area contributed by atoms with Crippen molar-refractivity contribution < 1.29 is 19.4 Å². The van der Waals surface area contributed by atoms with Crippen molar-refractivity contribution in [3.05, 3.63) is 41.2 Å². The number of Topliss-reactive ketones (excluding diaryl/α,β-unsaturated/α-hetero) is 1. The number of ether oxygens (including phenoxy) is 1. The summed E-state index contributed by atoms with van der Waals surface area (Å²) in [6, 6.07) is 7.61. The first-order chi connectivity index (χ1) is 13.2. The number of amides is 1.